The van der Waals surface area contributed by atoms with Crippen molar-refractivity contribution in [2.75, 3.05) is 0 Å². The molecule has 7 aromatic heterocycles. The van der Waals surface area contributed by atoms with Crippen molar-refractivity contribution in [3.05, 3.63) is 170 Å². The summed E-state index contributed by atoms with van der Waals surface area (Å²) >= 11 is 0. The summed E-state index contributed by atoms with van der Waals surface area (Å²) in [5, 5.41) is 4.75. The Morgan fingerprint density at radius 3 is 1.44 bits per heavy atom. The molecule has 12 aromatic rings. The average Bonchev–Trinajstić information content (AvgIpc) is 4.00. The second-order valence-corrected chi connectivity index (χ2v) is 15.2. The van der Waals surface area contributed by atoms with Crippen LogP contribution in [0.3, 0.4) is 0 Å². The molecule has 0 atom stereocenters. The van der Waals surface area contributed by atoms with Crippen molar-refractivity contribution in [2.24, 2.45) is 0 Å². The summed E-state index contributed by atoms with van der Waals surface area (Å²) in [5.74, 6) is 0. The minimum Gasteiger partial charge on any atom is -0.296 e. The fourth-order valence-corrected chi connectivity index (χ4v) is 10.4. The van der Waals surface area contributed by atoms with Gasteiger partial charge in [0, 0.05) is 57.7 Å². The van der Waals surface area contributed by atoms with Crippen LogP contribution in [-0.2, 0) is 0 Å². The highest BCUT2D eigenvalue weighted by Gasteiger charge is 2.43. The van der Waals surface area contributed by atoms with E-state index in [9.17, 15) is 0 Å². The third kappa shape index (κ3) is 3.57. The molecule has 262 valence electrons. The molecule has 0 spiro atoms. The summed E-state index contributed by atoms with van der Waals surface area (Å²) < 4.78 is 9.89. The van der Waals surface area contributed by atoms with Crippen molar-refractivity contribution >= 4 is 89.0 Å². The van der Waals surface area contributed by atoms with Crippen LogP contribution in [0.4, 0.5) is 0 Å². The minimum absolute atomic E-state index is 0.00741. The first-order valence-corrected chi connectivity index (χ1v) is 19.4. The topological polar surface area (TPSA) is 58.4 Å². The van der Waals surface area contributed by atoms with Gasteiger partial charge in [-0.3, -0.25) is 33.2 Å². The quantitative estimate of drug-likeness (QED) is 0.171. The zero-order chi connectivity index (χ0) is 36.9. The normalized spacial score (nSPS) is 12.9. The molecule has 0 radical (unpaired) electrons. The number of hydrogen-bond donors (Lipinski definition) is 0. The highest BCUT2D eigenvalue weighted by atomic mass is 15.2. The lowest BCUT2D eigenvalue weighted by Gasteiger charge is -2.34. The number of benzene rings is 5. The molecule has 2 aliphatic rings. The molecule has 0 bridgehead atoms. The van der Waals surface area contributed by atoms with E-state index in [2.05, 4.69) is 152 Å². The number of fused-ring (bicyclic) bond motifs is 14. The molecule has 14 rings (SSSR count). The first kappa shape index (κ1) is 29.6. The molecular formula is C49H28BN7. The van der Waals surface area contributed by atoms with E-state index in [-0.39, 0.29) is 6.71 Å². The number of para-hydroxylation sites is 4. The van der Waals surface area contributed by atoms with Gasteiger partial charge >= 0.3 is 0 Å². The predicted molar refractivity (Wildman–Crippen MR) is 232 cm³/mol. The SMILES string of the molecule is c1ccc(-n2c3cccnc3c3c4cccc5c4n(c32)-c2cc(-c3ccccn3)cc3c2B5c2cccc4c5c6ncccc6n(-c6ccccc6)c5n-3c24)cc1. The van der Waals surface area contributed by atoms with Gasteiger partial charge in [-0.1, -0.05) is 78.9 Å². The van der Waals surface area contributed by atoms with Crippen LogP contribution in [0.2, 0.25) is 0 Å². The van der Waals surface area contributed by atoms with Crippen molar-refractivity contribution in [2.45, 2.75) is 0 Å². The van der Waals surface area contributed by atoms with E-state index in [4.69, 9.17) is 15.0 Å². The lowest BCUT2D eigenvalue weighted by Crippen LogP contribution is -2.59. The van der Waals surface area contributed by atoms with Crippen LogP contribution in [0, 0.1) is 0 Å². The number of pyridine rings is 3. The Balaban J connectivity index is 1.24. The van der Waals surface area contributed by atoms with Crippen LogP contribution < -0.4 is 16.4 Å². The van der Waals surface area contributed by atoms with Crippen molar-refractivity contribution in [3.8, 4) is 34.0 Å². The Morgan fingerprint density at radius 1 is 0.421 bits per heavy atom. The first-order valence-electron chi connectivity index (χ1n) is 19.4. The summed E-state index contributed by atoms with van der Waals surface area (Å²) in [6.07, 6.45) is 5.74. The maximum absolute atomic E-state index is 5.09. The molecule has 7 nitrogen and oxygen atoms in total. The molecule has 9 heterocycles. The van der Waals surface area contributed by atoms with Crippen LogP contribution in [0.5, 0.6) is 0 Å². The Bertz CT molecular complexity index is 3470. The van der Waals surface area contributed by atoms with Gasteiger partial charge in [0.1, 0.15) is 11.3 Å². The smallest absolute Gasteiger partial charge is 0.252 e. The van der Waals surface area contributed by atoms with Crippen LogP contribution in [0.15, 0.2) is 170 Å². The summed E-state index contributed by atoms with van der Waals surface area (Å²) in [6, 6.07) is 54.6. The van der Waals surface area contributed by atoms with Gasteiger partial charge < -0.3 is 0 Å². The van der Waals surface area contributed by atoms with Crippen molar-refractivity contribution in [3.63, 3.8) is 0 Å². The third-order valence-corrected chi connectivity index (χ3v) is 12.5. The second kappa shape index (κ2) is 10.5. The fraction of sp³-hybridized carbons (Fsp3) is 0. The van der Waals surface area contributed by atoms with Crippen molar-refractivity contribution in [1.82, 2.24) is 33.2 Å². The minimum atomic E-state index is -0.00741. The van der Waals surface area contributed by atoms with E-state index < -0.39 is 0 Å². The van der Waals surface area contributed by atoms with Gasteiger partial charge in [-0.2, -0.15) is 0 Å². The van der Waals surface area contributed by atoms with E-state index in [0.29, 0.717) is 0 Å². The van der Waals surface area contributed by atoms with E-state index >= 15 is 0 Å². The highest BCUT2D eigenvalue weighted by Crippen LogP contribution is 2.45. The molecule has 0 saturated heterocycles. The van der Waals surface area contributed by atoms with Crippen molar-refractivity contribution in [1.29, 1.82) is 0 Å². The largest absolute Gasteiger partial charge is 0.296 e. The van der Waals surface area contributed by atoms with E-state index in [1.807, 2.05) is 36.8 Å². The van der Waals surface area contributed by atoms with Crippen LogP contribution >= 0.6 is 0 Å². The summed E-state index contributed by atoms with van der Waals surface area (Å²) in [7, 11) is 0. The Morgan fingerprint density at radius 2 is 0.930 bits per heavy atom. The molecule has 0 saturated carbocycles. The Labute approximate surface area is 325 Å². The lowest BCUT2D eigenvalue weighted by molar-refractivity contribution is 1.05. The molecule has 8 heteroatoms. The van der Waals surface area contributed by atoms with Crippen LogP contribution in [0.1, 0.15) is 0 Å². The average molecular weight is 726 g/mol. The zero-order valence-electron chi connectivity index (χ0n) is 30.4. The molecule has 0 N–H and O–H groups in total. The molecular weight excluding hydrogens is 697 g/mol. The molecule has 5 aromatic carbocycles. The van der Waals surface area contributed by atoms with Gasteiger partial charge in [0.05, 0.1) is 49.6 Å². The van der Waals surface area contributed by atoms with Gasteiger partial charge in [0.15, 0.2) is 0 Å². The predicted octanol–water partition coefficient (Wildman–Crippen LogP) is 8.76. The van der Waals surface area contributed by atoms with Gasteiger partial charge in [-0.05, 0) is 89.2 Å². The molecule has 0 amide bonds. The Kier molecular flexibility index (Phi) is 5.47. The summed E-state index contributed by atoms with van der Waals surface area (Å²) in [5.41, 5.74) is 19.2. The third-order valence-electron chi connectivity index (χ3n) is 12.5. The van der Waals surface area contributed by atoms with E-state index in [0.717, 1.165) is 78.1 Å². The molecule has 0 fully saturated rings. The van der Waals surface area contributed by atoms with E-state index in [1.54, 1.807) is 0 Å². The molecule has 2 aliphatic heterocycles. The van der Waals surface area contributed by atoms with Crippen molar-refractivity contribution < 1.29 is 0 Å². The molecule has 0 aliphatic carbocycles. The van der Waals surface area contributed by atoms with Crippen LogP contribution in [0.25, 0.3) is 99.9 Å². The van der Waals surface area contributed by atoms with Gasteiger partial charge in [-0.25, -0.2) is 0 Å². The van der Waals surface area contributed by atoms with Gasteiger partial charge in [0.2, 0.25) is 0 Å². The van der Waals surface area contributed by atoms with Gasteiger partial charge in [0.25, 0.3) is 6.71 Å². The maximum Gasteiger partial charge on any atom is 0.252 e. The molecule has 57 heavy (non-hydrogen) atoms. The second-order valence-electron chi connectivity index (χ2n) is 15.2. The standard InChI is InChI=1S/C49H28BN7/c1-3-13-30(14-4-1)54-37-22-11-25-52-44(37)41-32-17-9-19-34-46(32)56(48(41)54)39-27-29(36-21-7-8-24-51-36)28-40-43(39)50(34)35-20-10-18-33-42-45-38(23-12-26-53-45)55(31-15-5-2-6-16-31)49(42)57(40)47(33)35/h1-28H. The zero-order valence-corrected chi connectivity index (χ0v) is 30.4. The summed E-state index contributed by atoms with van der Waals surface area (Å²) in [4.78, 5) is 15.1. The summed E-state index contributed by atoms with van der Waals surface area (Å²) in [6.45, 7) is -0.00741. The maximum atomic E-state index is 5.09. The van der Waals surface area contributed by atoms with E-state index in [1.165, 1.54) is 38.2 Å². The highest BCUT2D eigenvalue weighted by molar-refractivity contribution is 7.00. The number of hydrogen-bond acceptors (Lipinski definition) is 3. The number of aromatic nitrogens is 7. The first-order chi connectivity index (χ1) is 28.3. The van der Waals surface area contributed by atoms with Crippen LogP contribution in [-0.4, -0.2) is 39.9 Å². The van der Waals surface area contributed by atoms with Gasteiger partial charge in [-0.15, -0.1) is 0 Å². The number of rotatable bonds is 3. The lowest BCUT2D eigenvalue weighted by atomic mass is 9.34. The monoisotopic (exact) mass is 725 g/mol. The molecule has 0 unspecified atom stereocenters. The fourth-order valence-electron chi connectivity index (χ4n) is 10.4. The Hall–Kier alpha value is -7.71. The number of nitrogens with zero attached hydrogens (tertiary/aromatic N) is 7.